The molecule has 2 N–H and O–H groups in total. The Balaban J connectivity index is 1.77. The van der Waals surface area contributed by atoms with Gasteiger partial charge in [0.15, 0.2) is 0 Å². The van der Waals surface area contributed by atoms with E-state index in [0.717, 1.165) is 32.2 Å². The lowest BCUT2D eigenvalue weighted by atomic mass is 9.86. The summed E-state index contributed by atoms with van der Waals surface area (Å²) in [7, 11) is -3.25. The molecule has 0 amide bonds. The predicted molar refractivity (Wildman–Crippen MR) is 107 cm³/mol. The lowest BCUT2D eigenvalue weighted by Crippen LogP contribution is -2.46. The smallest absolute Gasteiger partial charge is 0.216 e. The predicted octanol–water partition coefficient (Wildman–Crippen LogP) is 4.50. The van der Waals surface area contributed by atoms with Gasteiger partial charge in [0.2, 0.25) is 10.0 Å². The highest BCUT2D eigenvalue weighted by atomic mass is 32.2. The van der Waals surface area contributed by atoms with Crippen molar-refractivity contribution in [2.75, 3.05) is 11.9 Å². The fraction of sp³-hybridized carbons (Fsp3) is 0.700. The van der Waals surface area contributed by atoms with E-state index in [9.17, 15) is 8.42 Å². The van der Waals surface area contributed by atoms with Crippen LogP contribution < -0.4 is 10.0 Å². The molecule has 0 heterocycles. The summed E-state index contributed by atoms with van der Waals surface area (Å²) < 4.78 is 26.7. The van der Waals surface area contributed by atoms with Crippen LogP contribution in [0.3, 0.4) is 0 Å². The van der Waals surface area contributed by atoms with Crippen molar-refractivity contribution >= 4 is 15.7 Å². The largest absolute Gasteiger partial charge is 0.385 e. The molecule has 5 heteroatoms. The summed E-state index contributed by atoms with van der Waals surface area (Å²) in [4.78, 5) is 0. The minimum atomic E-state index is -3.25. The van der Waals surface area contributed by atoms with E-state index in [1.54, 1.807) is 20.8 Å². The van der Waals surface area contributed by atoms with E-state index in [4.69, 9.17) is 0 Å². The molecule has 2 rings (SSSR count). The summed E-state index contributed by atoms with van der Waals surface area (Å²) in [5, 5.41) is 3.53. The van der Waals surface area contributed by atoms with Crippen LogP contribution in [-0.2, 0) is 10.0 Å². The average Bonchev–Trinajstić information content (AvgIpc) is 2.53. The first-order valence-corrected chi connectivity index (χ1v) is 10.9. The Labute approximate surface area is 153 Å². The van der Waals surface area contributed by atoms with Gasteiger partial charge in [0.05, 0.1) is 4.75 Å². The van der Waals surface area contributed by atoms with Gasteiger partial charge in [-0.3, -0.25) is 0 Å². The molecule has 1 aromatic rings. The molecular weight excluding hydrogens is 332 g/mol. The first-order chi connectivity index (χ1) is 11.6. The van der Waals surface area contributed by atoms with E-state index < -0.39 is 14.8 Å². The van der Waals surface area contributed by atoms with Crippen LogP contribution in [-0.4, -0.2) is 25.8 Å². The highest BCUT2D eigenvalue weighted by Crippen LogP contribution is 2.27. The monoisotopic (exact) mass is 366 g/mol. The molecule has 0 unspecified atom stereocenters. The maximum absolute atomic E-state index is 12.3. The van der Waals surface area contributed by atoms with Crippen molar-refractivity contribution in [3.8, 4) is 0 Å². The highest BCUT2D eigenvalue weighted by Gasteiger charge is 2.32. The van der Waals surface area contributed by atoms with E-state index in [1.807, 2.05) is 0 Å². The van der Waals surface area contributed by atoms with Crippen LogP contribution >= 0.6 is 0 Å². The minimum absolute atomic E-state index is 0.0887. The second-order valence-corrected chi connectivity index (χ2v) is 11.1. The van der Waals surface area contributed by atoms with Gasteiger partial charge in [-0.15, -0.1) is 0 Å². The van der Waals surface area contributed by atoms with E-state index in [1.165, 1.54) is 11.3 Å². The van der Waals surface area contributed by atoms with Crippen molar-refractivity contribution in [1.82, 2.24) is 4.72 Å². The Hall–Kier alpha value is -1.07. The molecule has 1 aliphatic rings. The van der Waals surface area contributed by atoms with Gasteiger partial charge >= 0.3 is 0 Å². The van der Waals surface area contributed by atoms with Gasteiger partial charge in [0.25, 0.3) is 0 Å². The van der Waals surface area contributed by atoms with Gasteiger partial charge in [0, 0.05) is 18.3 Å². The molecule has 1 aliphatic carbocycles. The number of sulfonamides is 1. The van der Waals surface area contributed by atoms with Crippen molar-refractivity contribution in [1.29, 1.82) is 0 Å². The first-order valence-electron chi connectivity index (χ1n) is 9.44. The molecular formula is C20H34N2O2S. The number of benzene rings is 1. The maximum Gasteiger partial charge on any atom is 0.216 e. The van der Waals surface area contributed by atoms with Crippen molar-refractivity contribution in [2.45, 2.75) is 77.0 Å². The molecule has 1 saturated carbocycles. The van der Waals surface area contributed by atoms with Crippen LogP contribution in [0.1, 0.15) is 71.8 Å². The van der Waals surface area contributed by atoms with Crippen LogP contribution in [0.5, 0.6) is 0 Å². The fourth-order valence-corrected chi connectivity index (χ4v) is 4.16. The van der Waals surface area contributed by atoms with E-state index in [2.05, 4.69) is 48.2 Å². The Kier molecular flexibility index (Phi) is 6.55. The summed E-state index contributed by atoms with van der Waals surface area (Å²) in [5.74, 6) is 1.17. The van der Waals surface area contributed by atoms with Crippen LogP contribution in [0, 0.1) is 5.92 Å². The SMILES string of the molecule is CC(C)c1ccc(NCC2CCC(NS(=O)(=O)C(C)(C)C)CC2)cc1. The normalized spacial score (nSPS) is 22.2. The number of anilines is 1. The first kappa shape index (κ1) is 20.2. The Morgan fingerprint density at radius 2 is 1.60 bits per heavy atom. The molecule has 0 aliphatic heterocycles. The molecule has 0 atom stereocenters. The molecule has 0 aromatic heterocycles. The van der Waals surface area contributed by atoms with Crippen LogP contribution in [0.25, 0.3) is 0 Å². The number of nitrogens with one attached hydrogen (secondary N) is 2. The summed E-state index contributed by atoms with van der Waals surface area (Å²) in [6.45, 7) is 10.6. The number of hydrogen-bond donors (Lipinski definition) is 2. The minimum Gasteiger partial charge on any atom is -0.385 e. The fourth-order valence-electron chi connectivity index (χ4n) is 3.13. The second kappa shape index (κ2) is 8.09. The standard InChI is InChI=1S/C20H34N2O2S/c1-15(2)17-8-12-18(13-9-17)21-14-16-6-10-19(11-7-16)22-25(23,24)20(3,4)5/h8-9,12-13,15-16,19,21-22H,6-7,10-11,14H2,1-5H3. The molecule has 0 bridgehead atoms. The third-order valence-electron chi connectivity index (χ3n) is 5.15. The summed E-state index contributed by atoms with van der Waals surface area (Å²) >= 11 is 0. The summed E-state index contributed by atoms with van der Waals surface area (Å²) in [5.41, 5.74) is 2.53. The molecule has 0 spiro atoms. The molecule has 4 nitrogen and oxygen atoms in total. The quantitative estimate of drug-likeness (QED) is 0.779. The Morgan fingerprint density at radius 1 is 1.04 bits per heavy atom. The van der Waals surface area contributed by atoms with Gasteiger partial charge in [-0.1, -0.05) is 26.0 Å². The molecule has 1 fully saturated rings. The van der Waals surface area contributed by atoms with Gasteiger partial charge in [-0.2, -0.15) is 0 Å². The van der Waals surface area contributed by atoms with E-state index in [0.29, 0.717) is 11.8 Å². The van der Waals surface area contributed by atoms with Gasteiger partial charge < -0.3 is 5.32 Å². The number of rotatable bonds is 6. The lowest BCUT2D eigenvalue weighted by Gasteiger charge is -2.31. The van der Waals surface area contributed by atoms with Crippen molar-refractivity contribution in [2.24, 2.45) is 5.92 Å². The van der Waals surface area contributed by atoms with Crippen molar-refractivity contribution in [3.63, 3.8) is 0 Å². The Bertz CT molecular complexity index is 637. The topological polar surface area (TPSA) is 58.2 Å². The van der Waals surface area contributed by atoms with Crippen LogP contribution in [0.15, 0.2) is 24.3 Å². The van der Waals surface area contributed by atoms with Crippen molar-refractivity contribution in [3.05, 3.63) is 29.8 Å². The van der Waals surface area contributed by atoms with Crippen LogP contribution in [0.4, 0.5) is 5.69 Å². The number of hydrogen-bond acceptors (Lipinski definition) is 3. The Morgan fingerprint density at radius 3 is 2.08 bits per heavy atom. The molecule has 0 saturated heterocycles. The van der Waals surface area contributed by atoms with Gasteiger partial charge in [0.1, 0.15) is 0 Å². The zero-order valence-electron chi connectivity index (χ0n) is 16.3. The highest BCUT2D eigenvalue weighted by molar-refractivity contribution is 7.90. The third-order valence-corrected chi connectivity index (χ3v) is 7.40. The molecule has 1 aromatic carbocycles. The summed E-state index contributed by atoms with van der Waals surface area (Å²) in [6.07, 6.45) is 3.98. The maximum atomic E-state index is 12.3. The van der Waals surface area contributed by atoms with Gasteiger partial charge in [-0.05, 0) is 76.0 Å². The van der Waals surface area contributed by atoms with Crippen LogP contribution in [0.2, 0.25) is 0 Å². The molecule has 0 radical (unpaired) electrons. The van der Waals surface area contributed by atoms with Crippen molar-refractivity contribution < 1.29 is 8.42 Å². The summed E-state index contributed by atoms with van der Waals surface area (Å²) in [6, 6.07) is 8.76. The molecule has 25 heavy (non-hydrogen) atoms. The molecule has 142 valence electrons. The zero-order chi connectivity index (χ0) is 18.7. The third kappa shape index (κ3) is 5.71. The average molecular weight is 367 g/mol. The van der Waals surface area contributed by atoms with Gasteiger partial charge in [-0.25, -0.2) is 13.1 Å². The second-order valence-electron chi connectivity index (χ2n) is 8.61. The lowest BCUT2D eigenvalue weighted by molar-refractivity contribution is 0.322. The van der Waals surface area contributed by atoms with E-state index >= 15 is 0 Å². The zero-order valence-corrected chi connectivity index (χ0v) is 17.1. The van der Waals surface area contributed by atoms with E-state index in [-0.39, 0.29) is 6.04 Å².